The van der Waals surface area contributed by atoms with E-state index >= 15 is 0 Å². The van der Waals surface area contributed by atoms with Gasteiger partial charge in [0, 0.05) is 24.7 Å². The summed E-state index contributed by atoms with van der Waals surface area (Å²) in [5, 5.41) is 17.1. The van der Waals surface area contributed by atoms with Crippen LogP contribution in [0.3, 0.4) is 0 Å². The third-order valence-corrected chi connectivity index (χ3v) is 2.55. The number of rotatable bonds is 3. The first kappa shape index (κ1) is 17.0. The predicted octanol–water partition coefficient (Wildman–Crippen LogP) is 0.906. The Hall–Kier alpha value is -2.10. The highest BCUT2D eigenvalue weighted by Gasteiger charge is 2.38. The van der Waals surface area contributed by atoms with E-state index in [1.165, 1.54) is 0 Å². The minimum absolute atomic E-state index is 0.359. The number of ether oxygens (including phenoxy) is 1. The molecule has 0 unspecified atom stereocenters. The van der Waals surface area contributed by atoms with Gasteiger partial charge in [-0.05, 0) is 13.0 Å². The number of carboxylic acid groups (broad SMARTS) is 1. The van der Waals surface area contributed by atoms with Crippen LogP contribution in [0.15, 0.2) is 6.07 Å². The first-order valence-electron chi connectivity index (χ1n) is 5.99. The van der Waals surface area contributed by atoms with Gasteiger partial charge in [-0.3, -0.25) is 5.10 Å². The Morgan fingerprint density at radius 2 is 2.05 bits per heavy atom. The molecule has 0 aliphatic carbocycles. The Morgan fingerprint density at radius 1 is 1.48 bits per heavy atom. The second kappa shape index (κ2) is 7.07. The number of aromatic amines is 1. The number of esters is 1. The van der Waals surface area contributed by atoms with Gasteiger partial charge in [-0.15, -0.1) is 0 Å². The smallest absolute Gasteiger partial charge is 0.475 e. The van der Waals surface area contributed by atoms with Crippen LogP contribution >= 0.6 is 0 Å². The number of alkyl halides is 3. The molecular formula is C11H14F3N3O4. The van der Waals surface area contributed by atoms with Crippen LogP contribution in [0.1, 0.15) is 29.0 Å². The van der Waals surface area contributed by atoms with Gasteiger partial charge in [-0.2, -0.15) is 18.3 Å². The molecule has 21 heavy (non-hydrogen) atoms. The number of hydrogen-bond acceptors (Lipinski definition) is 5. The van der Waals surface area contributed by atoms with E-state index in [0.29, 0.717) is 18.2 Å². The average Bonchev–Trinajstić information content (AvgIpc) is 2.76. The van der Waals surface area contributed by atoms with Crippen LogP contribution in [0, 0.1) is 0 Å². The van der Waals surface area contributed by atoms with Crippen molar-refractivity contribution in [1.82, 2.24) is 15.5 Å². The maximum absolute atomic E-state index is 11.3. The molecule has 2 heterocycles. The van der Waals surface area contributed by atoms with E-state index in [4.69, 9.17) is 14.6 Å². The summed E-state index contributed by atoms with van der Waals surface area (Å²) in [7, 11) is 0. The number of carbonyl (C=O) groups excluding carboxylic acids is 1. The van der Waals surface area contributed by atoms with Crippen molar-refractivity contribution < 1.29 is 32.6 Å². The van der Waals surface area contributed by atoms with Crippen LogP contribution in [0.2, 0.25) is 0 Å². The lowest BCUT2D eigenvalue weighted by atomic mass is 9.99. The normalized spacial score (nSPS) is 14.7. The summed E-state index contributed by atoms with van der Waals surface area (Å²) in [5.74, 6) is -2.65. The second-order valence-electron chi connectivity index (χ2n) is 4.09. The number of H-pyrrole nitrogens is 1. The van der Waals surface area contributed by atoms with Crippen LogP contribution in [-0.2, 0) is 9.53 Å². The third kappa shape index (κ3) is 5.06. The van der Waals surface area contributed by atoms with Crippen LogP contribution in [-0.4, -0.2) is 53.1 Å². The quantitative estimate of drug-likeness (QED) is 0.717. The number of aliphatic carboxylic acids is 1. The Morgan fingerprint density at radius 3 is 2.43 bits per heavy atom. The van der Waals surface area contributed by atoms with E-state index in [2.05, 4.69) is 15.5 Å². The maximum Gasteiger partial charge on any atom is 0.490 e. The van der Waals surface area contributed by atoms with E-state index in [1.807, 2.05) is 0 Å². The van der Waals surface area contributed by atoms with Crippen molar-refractivity contribution in [3.63, 3.8) is 0 Å². The molecule has 1 aromatic heterocycles. The largest absolute Gasteiger partial charge is 0.490 e. The minimum atomic E-state index is -5.08. The Balaban J connectivity index is 0.000000270. The summed E-state index contributed by atoms with van der Waals surface area (Å²) < 4.78 is 36.6. The molecule has 1 fully saturated rings. The number of aromatic nitrogens is 2. The zero-order valence-electron chi connectivity index (χ0n) is 11.0. The van der Waals surface area contributed by atoms with Crippen molar-refractivity contribution in [2.75, 3.05) is 19.7 Å². The molecule has 0 spiro atoms. The Labute approximate surface area is 117 Å². The molecule has 1 saturated heterocycles. The molecule has 118 valence electrons. The van der Waals surface area contributed by atoms with Crippen molar-refractivity contribution in [2.24, 2.45) is 0 Å². The molecule has 1 aromatic rings. The lowest BCUT2D eigenvalue weighted by Crippen LogP contribution is -2.40. The van der Waals surface area contributed by atoms with Gasteiger partial charge >= 0.3 is 18.1 Å². The molecule has 1 aliphatic heterocycles. The van der Waals surface area contributed by atoms with Gasteiger partial charge in [0.1, 0.15) is 0 Å². The highest BCUT2D eigenvalue weighted by molar-refractivity contribution is 5.87. The molecule has 0 amide bonds. The topological polar surface area (TPSA) is 104 Å². The molecule has 1 aliphatic rings. The third-order valence-electron chi connectivity index (χ3n) is 2.55. The molecule has 0 radical (unpaired) electrons. The number of hydrogen-bond donors (Lipinski definition) is 3. The van der Waals surface area contributed by atoms with Gasteiger partial charge in [-0.25, -0.2) is 9.59 Å². The average molecular weight is 309 g/mol. The molecule has 10 heteroatoms. The Kier molecular flexibility index (Phi) is 5.70. The van der Waals surface area contributed by atoms with Crippen molar-refractivity contribution in [1.29, 1.82) is 0 Å². The number of carboxylic acids is 1. The van der Waals surface area contributed by atoms with Crippen LogP contribution in [0.5, 0.6) is 0 Å². The molecule has 0 aromatic carbocycles. The van der Waals surface area contributed by atoms with E-state index in [1.54, 1.807) is 13.0 Å². The SMILES string of the molecule is CCOC(=O)c1cc(C2CNC2)[nH]n1.O=C(O)C(F)(F)F. The fourth-order valence-corrected chi connectivity index (χ4v) is 1.36. The lowest BCUT2D eigenvalue weighted by molar-refractivity contribution is -0.192. The van der Waals surface area contributed by atoms with E-state index in [0.717, 1.165) is 18.8 Å². The predicted molar refractivity (Wildman–Crippen MR) is 63.8 cm³/mol. The fraction of sp³-hybridized carbons (Fsp3) is 0.545. The summed E-state index contributed by atoms with van der Waals surface area (Å²) in [6.07, 6.45) is -5.08. The second-order valence-corrected chi connectivity index (χ2v) is 4.09. The molecule has 0 bridgehead atoms. The van der Waals surface area contributed by atoms with E-state index in [9.17, 15) is 18.0 Å². The van der Waals surface area contributed by atoms with Crippen molar-refractivity contribution in [3.8, 4) is 0 Å². The zero-order valence-corrected chi connectivity index (χ0v) is 11.0. The summed E-state index contributed by atoms with van der Waals surface area (Å²) in [5.41, 5.74) is 1.38. The summed E-state index contributed by atoms with van der Waals surface area (Å²) in [4.78, 5) is 20.2. The summed E-state index contributed by atoms with van der Waals surface area (Å²) >= 11 is 0. The molecule has 2 rings (SSSR count). The first-order chi connectivity index (χ1) is 9.75. The lowest BCUT2D eigenvalue weighted by Gasteiger charge is -2.25. The van der Waals surface area contributed by atoms with Crippen molar-refractivity contribution in [3.05, 3.63) is 17.5 Å². The maximum atomic E-state index is 11.3. The minimum Gasteiger partial charge on any atom is -0.475 e. The number of nitrogens with one attached hydrogen (secondary N) is 2. The number of carbonyl (C=O) groups is 2. The van der Waals surface area contributed by atoms with Crippen molar-refractivity contribution in [2.45, 2.75) is 19.0 Å². The first-order valence-corrected chi connectivity index (χ1v) is 5.99. The van der Waals surface area contributed by atoms with Crippen LogP contribution in [0.25, 0.3) is 0 Å². The van der Waals surface area contributed by atoms with Gasteiger partial charge in [0.15, 0.2) is 5.69 Å². The van der Waals surface area contributed by atoms with Crippen molar-refractivity contribution >= 4 is 11.9 Å². The zero-order chi connectivity index (χ0) is 16.0. The number of nitrogens with zero attached hydrogens (tertiary/aromatic N) is 1. The summed E-state index contributed by atoms with van der Waals surface area (Å²) in [6.45, 7) is 4.06. The van der Waals surface area contributed by atoms with Gasteiger partial charge < -0.3 is 15.2 Å². The Bertz CT molecular complexity index is 497. The molecule has 3 N–H and O–H groups in total. The van der Waals surface area contributed by atoms with Gasteiger partial charge in [0.25, 0.3) is 0 Å². The number of halogens is 3. The molecule has 0 atom stereocenters. The monoisotopic (exact) mass is 309 g/mol. The van der Waals surface area contributed by atoms with E-state index in [-0.39, 0.29) is 5.97 Å². The molecule has 0 saturated carbocycles. The van der Waals surface area contributed by atoms with Gasteiger partial charge in [0.05, 0.1) is 6.61 Å². The highest BCUT2D eigenvalue weighted by Crippen LogP contribution is 2.18. The molecular weight excluding hydrogens is 295 g/mol. The standard InChI is InChI=1S/C9H13N3O2.C2HF3O2/c1-2-14-9(13)8-3-7(11-12-8)6-4-10-5-6;3-2(4,5)1(6)7/h3,6,10H,2,4-5H2,1H3,(H,11,12);(H,6,7). The van der Waals surface area contributed by atoms with E-state index < -0.39 is 12.1 Å². The van der Waals surface area contributed by atoms with Crippen LogP contribution < -0.4 is 5.32 Å². The molecule has 7 nitrogen and oxygen atoms in total. The fourth-order valence-electron chi connectivity index (χ4n) is 1.36. The highest BCUT2D eigenvalue weighted by atomic mass is 19.4. The van der Waals surface area contributed by atoms with Gasteiger partial charge in [-0.1, -0.05) is 0 Å². The summed E-state index contributed by atoms with van der Waals surface area (Å²) in [6, 6.07) is 1.77. The van der Waals surface area contributed by atoms with Crippen LogP contribution in [0.4, 0.5) is 13.2 Å². The van der Waals surface area contributed by atoms with Gasteiger partial charge in [0.2, 0.25) is 0 Å².